The molecule has 0 radical (unpaired) electrons. The first-order chi connectivity index (χ1) is 16.6. The summed E-state index contributed by atoms with van der Waals surface area (Å²) in [6, 6.07) is 16.0. The number of rotatable bonds is 10. The molecular weight excluding hydrogens is 436 g/mol. The summed E-state index contributed by atoms with van der Waals surface area (Å²) in [5.41, 5.74) is 3.36. The largest absolute Gasteiger partial charge is 0.491 e. The maximum atomic E-state index is 12.7. The summed E-state index contributed by atoms with van der Waals surface area (Å²) >= 11 is 0. The number of carbonyl (C=O) groups excluding carboxylic acids is 1. The molecule has 0 aliphatic carbocycles. The highest BCUT2D eigenvalue weighted by molar-refractivity contribution is 5.94. The first kappa shape index (κ1) is 27.2. The van der Waals surface area contributed by atoms with Crippen LogP contribution in [-0.2, 0) is 10.8 Å². The van der Waals surface area contributed by atoms with Crippen molar-refractivity contribution in [2.75, 3.05) is 39.3 Å². The van der Waals surface area contributed by atoms with Crippen LogP contribution >= 0.6 is 0 Å². The zero-order valence-corrected chi connectivity index (χ0v) is 22.5. The van der Waals surface area contributed by atoms with E-state index in [2.05, 4.69) is 64.6 Å². The Balaban J connectivity index is 1.57. The number of nitrogens with zero attached hydrogens (tertiary/aromatic N) is 2. The minimum atomic E-state index is -0.587. The van der Waals surface area contributed by atoms with E-state index >= 15 is 0 Å². The number of aliphatic hydroxyl groups is 1. The van der Waals surface area contributed by atoms with Crippen LogP contribution in [0.4, 0.5) is 0 Å². The van der Waals surface area contributed by atoms with Crippen LogP contribution in [0, 0.1) is 0 Å². The van der Waals surface area contributed by atoms with Crippen LogP contribution in [0.5, 0.6) is 5.75 Å². The van der Waals surface area contributed by atoms with Gasteiger partial charge in [0.05, 0.1) is 0 Å². The Morgan fingerprint density at radius 1 is 0.943 bits per heavy atom. The molecule has 1 N–H and O–H groups in total. The van der Waals surface area contributed by atoms with Crippen molar-refractivity contribution in [3.63, 3.8) is 0 Å². The van der Waals surface area contributed by atoms with Gasteiger partial charge in [0, 0.05) is 43.9 Å². The molecule has 5 nitrogen and oxygen atoms in total. The van der Waals surface area contributed by atoms with Crippen LogP contribution < -0.4 is 4.74 Å². The molecule has 2 aromatic carbocycles. The molecule has 3 rings (SSSR count). The molecular formula is C30H44N2O3. The minimum absolute atomic E-state index is 0.0122. The summed E-state index contributed by atoms with van der Waals surface area (Å²) in [6.45, 7) is 17.2. The molecule has 1 amide bonds. The molecule has 0 saturated carbocycles. The molecule has 0 spiro atoms. The highest BCUT2D eigenvalue weighted by atomic mass is 16.5. The zero-order chi connectivity index (χ0) is 25.6. The Bertz CT molecular complexity index is 963. The smallest absolute Gasteiger partial charge is 0.253 e. The van der Waals surface area contributed by atoms with Crippen LogP contribution in [0.1, 0.15) is 75.9 Å². The van der Waals surface area contributed by atoms with Crippen LogP contribution in [0.25, 0.3) is 0 Å². The maximum Gasteiger partial charge on any atom is 0.253 e. The molecule has 5 heteroatoms. The average molecular weight is 481 g/mol. The van der Waals surface area contributed by atoms with Gasteiger partial charge in [-0.2, -0.15) is 0 Å². The van der Waals surface area contributed by atoms with E-state index in [1.165, 1.54) is 11.1 Å². The number of carbonyl (C=O) groups is 1. The van der Waals surface area contributed by atoms with Gasteiger partial charge < -0.3 is 14.7 Å². The lowest BCUT2D eigenvalue weighted by molar-refractivity contribution is 0.0400. The summed E-state index contributed by atoms with van der Waals surface area (Å²) in [5.74, 6) is 0.944. The fourth-order valence-electron chi connectivity index (χ4n) is 4.43. The number of ether oxygens (including phenoxy) is 1. The third-order valence-corrected chi connectivity index (χ3v) is 7.84. The molecule has 0 aromatic heterocycles. The van der Waals surface area contributed by atoms with Crippen LogP contribution in [0.15, 0.2) is 48.5 Å². The Hall–Kier alpha value is -2.37. The maximum absolute atomic E-state index is 12.7. The standard InChI is InChI=1S/C30H44N2O3/c1-7-29(3,4)24-14-15-27(26(20-24)30(5,6)8-2)35-22-25(33)21-31-16-18-32(19-17-31)28(34)23-12-10-9-11-13-23/h9-15,20,25,33H,7-8,16-19,21-22H2,1-6H3. The van der Waals surface area contributed by atoms with Crippen molar-refractivity contribution >= 4 is 5.91 Å². The number of β-amino-alcohol motifs (C(OH)–C–C–N with tert-alkyl or cyclic N) is 1. The number of aliphatic hydroxyl groups excluding tert-OH is 1. The molecule has 0 bridgehead atoms. The van der Waals surface area contributed by atoms with Crippen molar-refractivity contribution in [2.45, 2.75) is 71.3 Å². The zero-order valence-electron chi connectivity index (χ0n) is 22.5. The van der Waals surface area contributed by atoms with E-state index in [-0.39, 0.29) is 23.3 Å². The minimum Gasteiger partial charge on any atom is -0.491 e. The topological polar surface area (TPSA) is 53.0 Å². The lowest BCUT2D eigenvalue weighted by atomic mass is 9.76. The SMILES string of the molecule is CCC(C)(C)c1ccc(OCC(O)CN2CCN(C(=O)c3ccccc3)CC2)c(C(C)(C)CC)c1. The molecule has 1 saturated heterocycles. The molecule has 1 heterocycles. The number of benzene rings is 2. The molecule has 2 aromatic rings. The molecule has 1 unspecified atom stereocenters. The van der Waals surface area contributed by atoms with Crippen molar-refractivity contribution in [1.29, 1.82) is 0 Å². The van der Waals surface area contributed by atoms with Crippen LogP contribution in [0.2, 0.25) is 0 Å². The third-order valence-electron chi connectivity index (χ3n) is 7.84. The van der Waals surface area contributed by atoms with Gasteiger partial charge in [0.2, 0.25) is 0 Å². The van der Waals surface area contributed by atoms with Gasteiger partial charge in [-0.05, 0) is 47.4 Å². The fourth-order valence-corrected chi connectivity index (χ4v) is 4.43. The summed E-state index contributed by atoms with van der Waals surface area (Å²) in [6.07, 6.45) is 1.49. The van der Waals surface area contributed by atoms with Gasteiger partial charge in [-0.1, -0.05) is 71.9 Å². The highest BCUT2D eigenvalue weighted by Crippen LogP contribution is 2.38. The van der Waals surface area contributed by atoms with Gasteiger partial charge in [-0.3, -0.25) is 9.69 Å². The Morgan fingerprint density at radius 3 is 2.17 bits per heavy atom. The molecule has 1 aliphatic heterocycles. The Kier molecular flexibility index (Phi) is 9.00. The van der Waals surface area contributed by atoms with Gasteiger partial charge in [-0.25, -0.2) is 0 Å². The van der Waals surface area contributed by atoms with Crippen LogP contribution in [0.3, 0.4) is 0 Å². The van der Waals surface area contributed by atoms with E-state index in [1.807, 2.05) is 35.2 Å². The Morgan fingerprint density at radius 2 is 1.57 bits per heavy atom. The first-order valence-corrected chi connectivity index (χ1v) is 13.1. The normalized spacial score (nSPS) is 16.3. The first-order valence-electron chi connectivity index (χ1n) is 13.1. The van der Waals surface area contributed by atoms with E-state index < -0.39 is 6.10 Å². The van der Waals surface area contributed by atoms with E-state index in [0.717, 1.165) is 37.2 Å². The van der Waals surface area contributed by atoms with Gasteiger partial charge >= 0.3 is 0 Å². The third kappa shape index (κ3) is 6.86. The molecule has 192 valence electrons. The summed E-state index contributed by atoms with van der Waals surface area (Å²) in [7, 11) is 0. The quantitative estimate of drug-likeness (QED) is 0.504. The average Bonchev–Trinajstić information content (AvgIpc) is 2.87. The van der Waals surface area contributed by atoms with Gasteiger partial charge in [0.1, 0.15) is 18.5 Å². The summed E-state index contributed by atoms with van der Waals surface area (Å²) in [4.78, 5) is 16.8. The predicted octanol–water partition coefficient (Wildman–Crippen LogP) is 5.26. The van der Waals surface area contributed by atoms with Crippen molar-refractivity contribution in [2.24, 2.45) is 0 Å². The van der Waals surface area contributed by atoms with Crippen molar-refractivity contribution in [3.05, 3.63) is 65.2 Å². The summed E-state index contributed by atoms with van der Waals surface area (Å²) < 4.78 is 6.21. The molecule has 1 atom stereocenters. The fraction of sp³-hybridized carbons (Fsp3) is 0.567. The lowest BCUT2D eigenvalue weighted by Gasteiger charge is -2.35. The predicted molar refractivity (Wildman–Crippen MR) is 143 cm³/mol. The number of hydrogen-bond acceptors (Lipinski definition) is 4. The molecule has 35 heavy (non-hydrogen) atoms. The second-order valence-corrected chi connectivity index (χ2v) is 11.1. The van der Waals surface area contributed by atoms with E-state index in [9.17, 15) is 9.90 Å². The van der Waals surface area contributed by atoms with Crippen LogP contribution in [-0.4, -0.2) is 66.2 Å². The van der Waals surface area contributed by atoms with E-state index in [1.54, 1.807) is 0 Å². The second kappa shape index (κ2) is 11.6. The second-order valence-electron chi connectivity index (χ2n) is 11.1. The van der Waals surface area contributed by atoms with Crippen molar-refractivity contribution in [1.82, 2.24) is 9.80 Å². The number of amides is 1. The van der Waals surface area contributed by atoms with Gasteiger partial charge in [0.25, 0.3) is 5.91 Å². The highest BCUT2D eigenvalue weighted by Gasteiger charge is 2.28. The van der Waals surface area contributed by atoms with Gasteiger partial charge in [0.15, 0.2) is 0 Å². The summed E-state index contributed by atoms with van der Waals surface area (Å²) in [5, 5.41) is 10.7. The van der Waals surface area contributed by atoms with E-state index in [4.69, 9.17) is 4.74 Å². The Labute approximate surface area is 212 Å². The molecule has 1 aliphatic rings. The monoisotopic (exact) mass is 480 g/mol. The van der Waals surface area contributed by atoms with E-state index in [0.29, 0.717) is 19.6 Å². The van der Waals surface area contributed by atoms with Gasteiger partial charge in [-0.15, -0.1) is 0 Å². The van der Waals surface area contributed by atoms with Crippen molar-refractivity contribution in [3.8, 4) is 5.75 Å². The lowest BCUT2D eigenvalue weighted by Crippen LogP contribution is -2.51. The number of hydrogen-bond donors (Lipinski definition) is 1. The van der Waals surface area contributed by atoms with Crippen molar-refractivity contribution < 1.29 is 14.6 Å². The number of piperazine rings is 1. The molecule has 1 fully saturated rings.